The second-order valence-corrected chi connectivity index (χ2v) is 5.15. The molecule has 0 aliphatic rings. The summed E-state index contributed by atoms with van der Waals surface area (Å²) in [7, 11) is 3.66. The van der Waals surface area contributed by atoms with E-state index in [0.717, 1.165) is 12.1 Å². The maximum Gasteiger partial charge on any atom is 0.433 e. The van der Waals surface area contributed by atoms with Crippen LogP contribution in [0.2, 0.25) is 0 Å². The van der Waals surface area contributed by atoms with Crippen molar-refractivity contribution >= 4 is 0 Å². The Balaban J connectivity index is 3.02. The number of rotatable bonds is 4. The molecule has 0 N–H and O–H groups in total. The molecule has 0 atom stereocenters. The molecule has 0 saturated heterocycles. The molecule has 0 spiro atoms. The summed E-state index contributed by atoms with van der Waals surface area (Å²) < 4.78 is 43.1. The van der Waals surface area contributed by atoms with Crippen molar-refractivity contribution in [1.82, 2.24) is 9.88 Å². The molecule has 1 aromatic rings. The Morgan fingerprint density at radius 1 is 1.30 bits per heavy atom. The van der Waals surface area contributed by atoms with Crippen LogP contribution in [0.3, 0.4) is 0 Å². The number of alkyl halides is 3. The monoisotopic (exact) mass is 287 g/mol. The van der Waals surface area contributed by atoms with Crippen molar-refractivity contribution in [2.75, 3.05) is 20.7 Å². The van der Waals surface area contributed by atoms with Gasteiger partial charge < -0.3 is 9.64 Å². The van der Waals surface area contributed by atoms with Gasteiger partial charge in [0.2, 0.25) is 5.88 Å². The lowest BCUT2D eigenvalue weighted by Gasteiger charge is -2.32. The van der Waals surface area contributed by atoms with Gasteiger partial charge in [0, 0.05) is 5.54 Å². The summed E-state index contributed by atoms with van der Waals surface area (Å²) in [6.45, 7) is 3.85. The van der Waals surface area contributed by atoms with Crippen molar-refractivity contribution in [2.24, 2.45) is 0 Å². The summed E-state index contributed by atoms with van der Waals surface area (Å²) in [5.41, 5.74) is -1.50. The molecular weight excluding hydrogens is 271 g/mol. The van der Waals surface area contributed by atoms with E-state index in [2.05, 4.69) is 4.98 Å². The third-order valence-corrected chi connectivity index (χ3v) is 3.04. The third-order valence-electron chi connectivity index (χ3n) is 3.04. The van der Waals surface area contributed by atoms with E-state index in [1.807, 2.05) is 32.8 Å². The maximum absolute atomic E-state index is 12.6. The number of hydrogen-bond donors (Lipinski definition) is 0. The Kier molecular flexibility index (Phi) is 4.61. The smallest absolute Gasteiger partial charge is 0.433 e. The zero-order chi connectivity index (χ0) is 15.6. The molecule has 0 radical (unpaired) electrons. The molecule has 1 rings (SSSR count). The van der Waals surface area contributed by atoms with Crippen LogP contribution >= 0.6 is 0 Å². The van der Waals surface area contributed by atoms with E-state index in [1.165, 1.54) is 0 Å². The van der Waals surface area contributed by atoms with Crippen molar-refractivity contribution in [3.8, 4) is 11.9 Å². The zero-order valence-corrected chi connectivity index (χ0v) is 11.7. The molecule has 7 heteroatoms. The lowest BCUT2D eigenvalue weighted by molar-refractivity contribution is -0.141. The van der Waals surface area contributed by atoms with Crippen LogP contribution in [0.25, 0.3) is 0 Å². The van der Waals surface area contributed by atoms with Crippen LogP contribution in [0.5, 0.6) is 5.88 Å². The molecule has 0 unspecified atom stereocenters. The number of halogens is 3. The van der Waals surface area contributed by atoms with Crippen LogP contribution in [0.4, 0.5) is 13.2 Å². The van der Waals surface area contributed by atoms with Crippen LogP contribution in [0.15, 0.2) is 12.1 Å². The van der Waals surface area contributed by atoms with Crippen molar-refractivity contribution in [3.63, 3.8) is 0 Å². The van der Waals surface area contributed by atoms with Crippen molar-refractivity contribution in [1.29, 1.82) is 5.26 Å². The van der Waals surface area contributed by atoms with Gasteiger partial charge in [-0.2, -0.15) is 18.4 Å². The average Bonchev–Trinajstić information content (AvgIpc) is 2.34. The lowest BCUT2D eigenvalue weighted by Crippen LogP contribution is -2.43. The molecule has 20 heavy (non-hydrogen) atoms. The highest BCUT2D eigenvalue weighted by atomic mass is 19.4. The molecule has 0 aliphatic heterocycles. The summed E-state index contributed by atoms with van der Waals surface area (Å²) in [5.74, 6) is -0.294. The SMILES string of the molecule is CN(C)C(C)(C)COc1nc(C(F)(F)F)ccc1C#N. The normalized spacial score (nSPS) is 12.3. The first kappa shape index (κ1) is 16.2. The fourth-order valence-corrected chi connectivity index (χ4v) is 1.17. The van der Waals surface area contributed by atoms with E-state index in [0.29, 0.717) is 0 Å². The van der Waals surface area contributed by atoms with Crippen molar-refractivity contribution in [3.05, 3.63) is 23.4 Å². The van der Waals surface area contributed by atoms with Crippen LogP contribution in [0.1, 0.15) is 25.1 Å². The van der Waals surface area contributed by atoms with Gasteiger partial charge in [-0.1, -0.05) is 0 Å². The fraction of sp³-hybridized carbons (Fsp3) is 0.538. The van der Waals surface area contributed by atoms with Crippen molar-refractivity contribution in [2.45, 2.75) is 25.6 Å². The summed E-state index contributed by atoms with van der Waals surface area (Å²) >= 11 is 0. The van der Waals surface area contributed by atoms with E-state index < -0.39 is 17.4 Å². The Hall–Kier alpha value is -1.81. The van der Waals surface area contributed by atoms with Crippen molar-refractivity contribution < 1.29 is 17.9 Å². The largest absolute Gasteiger partial charge is 0.475 e. The number of pyridine rings is 1. The predicted molar refractivity (Wildman–Crippen MR) is 67.2 cm³/mol. The van der Waals surface area contributed by atoms with E-state index in [1.54, 1.807) is 6.07 Å². The van der Waals surface area contributed by atoms with Gasteiger partial charge in [-0.3, -0.25) is 0 Å². The number of ether oxygens (including phenoxy) is 1. The quantitative estimate of drug-likeness (QED) is 0.854. The van der Waals surface area contributed by atoms with E-state index in [9.17, 15) is 13.2 Å². The highest BCUT2D eigenvalue weighted by molar-refractivity contribution is 5.39. The zero-order valence-electron chi connectivity index (χ0n) is 11.7. The summed E-state index contributed by atoms with van der Waals surface area (Å²) in [6, 6.07) is 3.60. The third kappa shape index (κ3) is 3.84. The summed E-state index contributed by atoms with van der Waals surface area (Å²) in [5, 5.41) is 8.89. The minimum atomic E-state index is -4.57. The van der Waals surface area contributed by atoms with Crippen LogP contribution in [-0.4, -0.2) is 36.1 Å². The Labute approximate surface area is 115 Å². The van der Waals surface area contributed by atoms with Gasteiger partial charge in [0.15, 0.2) is 0 Å². The highest BCUT2D eigenvalue weighted by Gasteiger charge is 2.33. The van der Waals surface area contributed by atoms with Gasteiger partial charge in [0.1, 0.15) is 23.9 Å². The van der Waals surface area contributed by atoms with Gasteiger partial charge in [-0.15, -0.1) is 0 Å². The molecule has 0 fully saturated rings. The molecule has 1 aromatic heterocycles. The highest BCUT2D eigenvalue weighted by Crippen LogP contribution is 2.30. The number of likely N-dealkylation sites (N-methyl/N-ethyl adjacent to an activating group) is 1. The Bertz CT molecular complexity index is 519. The average molecular weight is 287 g/mol. The number of hydrogen-bond acceptors (Lipinski definition) is 4. The fourth-order valence-electron chi connectivity index (χ4n) is 1.17. The molecule has 110 valence electrons. The van der Waals surface area contributed by atoms with Gasteiger partial charge in [0.25, 0.3) is 0 Å². The molecule has 0 aromatic carbocycles. The molecule has 1 heterocycles. The number of nitriles is 1. The predicted octanol–water partition coefficient (Wildman–Crippen LogP) is 2.69. The molecular formula is C13H16F3N3O. The molecule has 0 amide bonds. The lowest BCUT2D eigenvalue weighted by atomic mass is 10.1. The second kappa shape index (κ2) is 5.67. The Morgan fingerprint density at radius 3 is 2.35 bits per heavy atom. The maximum atomic E-state index is 12.6. The first-order chi connectivity index (χ1) is 9.08. The minimum Gasteiger partial charge on any atom is -0.475 e. The number of nitrogens with zero attached hydrogens (tertiary/aromatic N) is 3. The van der Waals surface area contributed by atoms with Gasteiger partial charge in [0.05, 0.1) is 0 Å². The number of aromatic nitrogens is 1. The van der Waals surface area contributed by atoms with Gasteiger partial charge in [-0.05, 0) is 40.1 Å². The second-order valence-electron chi connectivity index (χ2n) is 5.15. The standard InChI is InChI=1S/C13H16F3N3O/c1-12(2,19(3)4)8-20-11-9(7-17)5-6-10(18-11)13(14,15)16/h5-6H,8H2,1-4H3. The molecule has 4 nitrogen and oxygen atoms in total. The molecule has 0 aliphatic carbocycles. The summed E-state index contributed by atoms with van der Waals surface area (Å²) in [6.07, 6.45) is -4.57. The van der Waals surface area contributed by atoms with E-state index in [-0.39, 0.29) is 18.1 Å². The molecule has 0 saturated carbocycles. The van der Waals surface area contributed by atoms with Gasteiger partial charge >= 0.3 is 6.18 Å². The Morgan fingerprint density at radius 2 is 1.90 bits per heavy atom. The minimum absolute atomic E-state index is 0.0208. The van der Waals surface area contributed by atoms with Crippen LogP contribution in [-0.2, 0) is 6.18 Å². The first-order valence-corrected chi connectivity index (χ1v) is 5.86. The topological polar surface area (TPSA) is 49.1 Å². The van der Waals surface area contributed by atoms with E-state index >= 15 is 0 Å². The van der Waals surface area contributed by atoms with E-state index in [4.69, 9.17) is 10.00 Å². The summed E-state index contributed by atoms with van der Waals surface area (Å²) in [4.78, 5) is 5.26. The van der Waals surface area contributed by atoms with Crippen LogP contribution in [0, 0.1) is 11.3 Å². The molecule has 0 bridgehead atoms. The van der Waals surface area contributed by atoms with Crippen LogP contribution < -0.4 is 4.74 Å². The first-order valence-electron chi connectivity index (χ1n) is 5.86. The van der Waals surface area contributed by atoms with Gasteiger partial charge in [-0.25, -0.2) is 4.98 Å².